The van der Waals surface area contributed by atoms with E-state index in [-0.39, 0.29) is 5.78 Å². The minimum atomic E-state index is -2.42. The number of ketones is 1. The average Bonchev–Trinajstić information content (AvgIpc) is 2.61. The molecule has 1 rings (SSSR count). The quantitative estimate of drug-likeness (QED) is 0.249. The first kappa shape index (κ1) is 21.5. The van der Waals surface area contributed by atoms with Gasteiger partial charge in [0.15, 0.2) is 0 Å². The molecular weight excluding hydrogens is 399 g/mol. The third kappa shape index (κ3) is 6.06. The van der Waals surface area contributed by atoms with Gasteiger partial charge in [0.25, 0.3) is 0 Å². The number of unbranched alkanes of at least 4 members (excludes halogenated alkanes) is 3. The predicted octanol–water partition coefficient (Wildman–Crippen LogP) is 7.29. The Kier molecular flexibility index (Phi) is 9.95. The first-order valence-electron chi connectivity index (χ1n) is 9.81. The van der Waals surface area contributed by atoms with Crippen molar-refractivity contribution in [1.29, 1.82) is 0 Å². The molecule has 0 radical (unpaired) electrons. The molecule has 0 bridgehead atoms. The Morgan fingerprint density at radius 1 is 0.833 bits per heavy atom. The molecule has 1 aromatic rings. The number of carbonyl (C=O) groups excluding carboxylic acids is 1. The van der Waals surface area contributed by atoms with E-state index in [4.69, 9.17) is 0 Å². The van der Waals surface area contributed by atoms with Gasteiger partial charge in [-0.15, -0.1) is 0 Å². The summed E-state index contributed by atoms with van der Waals surface area (Å²) in [5.41, 5.74) is 2.11. The number of benzene rings is 1. The van der Waals surface area contributed by atoms with Crippen LogP contribution in [0.1, 0.15) is 82.1 Å². The molecule has 0 aromatic heterocycles. The maximum atomic E-state index is 11.5. The predicted molar refractivity (Wildman–Crippen MR) is 110 cm³/mol. The summed E-state index contributed by atoms with van der Waals surface area (Å²) in [4.78, 5) is 11.5. The van der Waals surface area contributed by atoms with Gasteiger partial charge in [0.2, 0.25) is 0 Å². The molecule has 0 saturated carbocycles. The molecule has 0 spiro atoms. The number of hydrogen-bond acceptors (Lipinski definition) is 1. The summed E-state index contributed by atoms with van der Waals surface area (Å²) in [5.74, 6) is 0.143. The van der Waals surface area contributed by atoms with Crippen molar-refractivity contribution in [3.63, 3.8) is 0 Å². The summed E-state index contributed by atoms with van der Waals surface area (Å²) >= 11 is -2.42. The summed E-state index contributed by atoms with van der Waals surface area (Å²) < 4.78 is 5.82. The second-order valence-electron chi connectivity index (χ2n) is 7.20. The summed E-state index contributed by atoms with van der Waals surface area (Å²) in [5, 5.41) is 0. The Balaban J connectivity index is 3.12. The van der Waals surface area contributed by atoms with Gasteiger partial charge in [-0.3, -0.25) is 0 Å². The first-order chi connectivity index (χ1) is 11.5. The SMILES string of the molecule is C=[C](c1ccc(C(C)=O)cc1)[Sn]([CH2]CCC)([CH2]CCC)[CH2]CCC. The van der Waals surface area contributed by atoms with Crippen molar-refractivity contribution in [3.05, 3.63) is 42.0 Å². The van der Waals surface area contributed by atoms with Gasteiger partial charge < -0.3 is 0 Å². The Morgan fingerprint density at radius 3 is 1.54 bits per heavy atom. The van der Waals surface area contributed by atoms with Crippen molar-refractivity contribution < 1.29 is 4.79 Å². The number of Topliss-reactive ketones (excluding diaryl/α,β-unsaturated/α-hetero) is 1. The van der Waals surface area contributed by atoms with Crippen molar-refractivity contribution in [2.45, 2.75) is 79.5 Å². The zero-order valence-electron chi connectivity index (χ0n) is 16.3. The van der Waals surface area contributed by atoms with Crippen LogP contribution in [-0.4, -0.2) is 24.2 Å². The molecule has 134 valence electrons. The average molecular weight is 435 g/mol. The minimum absolute atomic E-state index is 0.143. The van der Waals surface area contributed by atoms with Crippen LogP contribution in [0.25, 0.3) is 3.59 Å². The monoisotopic (exact) mass is 436 g/mol. The van der Waals surface area contributed by atoms with Crippen LogP contribution in [0.5, 0.6) is 0 Å². The van der Waals surface area contributed by atoms with Crippen molar-refractivity contribution in [2.75, 3.05) is 0 Å². The van der Waals surface area contributed by atoms with Gasteiger partial charge in [0.05, 0.1) is 0 Å². The summed E-state index contributed by atoms with van der Waals surface area (Å²) in [7, 11) is 0. The van der Waals surface area contributed by atoms with Crippen LogP contribution in [0.3, 0.4) is 0 Å². The zero-order valence-corrected chi connectivity index (χ0v) is 19.1. The molecule has 0 aliphatic heterocycles. The van der Waals surface area contributed by atoms with E-state index in [9.17, 15) is 4.79 Å². The normalized spacial score (nSPS) is 11.5. The number of hydrogen-bond donors (Lipinski definition) is 0. The van der Waals surface area contributed by atoms with E-state index in [0.29, 0.717) is 0 Å². The van der Waals surface area contributed by atoms with Crippen LogP contribution in [0.15, 0.2) is 30.8 Å². The summed E-state index contributed by atoms with van der Waals surface area (Å²) in [6.07, 6.45) is 7.92. The van der Waals surface area contributed by atoms with Gasteiger partial charge in [-0.1, -0.05) is 0 Å². The Bertz CT molecular complexity index is 494. The summed E-state index contributed by atoms with van der Waals surface area (Å²) in [6, 6.07) is 8.26. The van der Waals surface area contributed by atoms with Crippen LogP contribution >= 0.6 is 0 Å². The van der Waals surface area contributed by atoms with Gasteiger partial charge in [-0.2, -0.15) is 0 Å². The third-order valence-corrected chi connectivity index (χ3v) is 21.0. The molecule has 1 aromatic carbocycles. The van der Waals surface area contributed by atoms with Crippen LogP contribution in [0.2, 0.25) is 13.3 Å². The Hall–Kier alpha value is -0.571. The molecule has 0 unspecified atom stereocenters. The van der Waals surface area contributed by atoms with Gasteiger partial charge >= 0.3 is 154 Å². The van der Waals surface area contributed by atoms with Crippen molar-refractivity contribution >= 4 is 27.7 Å². The van der Waals surface area contributed by atoms with E-state index >= 15 is 0 Å². The third-order valence-electron chi connectivity index (χ3n) is 5.31. The maximum absolute atomic E-state index is 11.5. The van der Waals surface area contributed by atoms with Gasteiger partial charge in [0, 0.05) is 0 Å². The molecule has 24 heavy (non-hydrogen) atoms. The molecule has 1 nitrogen and oxygen atoms in total. The van der Waals surface area contributed by atoms with Gasteiger partial charge in [-0.05, 0) is 0 Å². The van der Waals surface area contributed by atoms with E-state index in [2.05, 4.69) is 39.5 Å². The molecule has 0 N–H and O–H groups in total. The van der Waals surface area contributed by atoms with Crippen molar-refractivity contribution in [2.24, 2.45) is 0 Å². The molecule has 0 aliphatic rings. The Morgan fingerprint density at radius 2 is 1.21 bits per heavy atom. The standard InChI is InChI=1S/C10H9O.3C4H9.Sn/c1-3-9-4-6-10(7-5-9)8(2)11;3*1-3-4-2;/h4-7H,1H2,2H3;3*1,3-4H2,2H3;. The van der Waals surface area contributed by atoms with Crippen molar-refractivity contribution in [1.82, 2.24) is 0 Å². The molecule has 2 heteroatoms. The second-order valence-corrected chi connectivity index (χ2v) is 20.5. The van der Waals surface area contributed by atoms with Crippen LogP contribution in [-0.2, 0) is 0 Å². The van der Waals surface area contributed by atoms with E-state index < -0.39 is 18.4 Å². The molecule has 0 fully saturated rings. The zero-order chi connectivity index (χ0) is 18.0. The van der Waals surface area contributed by atoms with Gasteiger partial charge in [-0.25, -0.2) is 0 Å². The van der Waals surface area contributed by atoms with Crippen molar-refractivity contribution in [3.8, 4) is 0 Å². The molecule has 0 saturated heterocycles. The van der Waals surface area contributed by atoms with Crippen LogP contribution in [0.4, 0.5) is 0 Å². The van der Waals surface area contributed by atoms with E-state index in [1.807, 2.05) is 12.1 Å². The van der Waals surface area contributed by atoms with E-state index in [1.165, 1.54) is 61.0 Å². The molecule has 0 aliphatic carbocycles. The first-order valence-corrected chi connectivity index (χ1v) is 17.3. The van der Waals surface area contributed by atoms with Crippen LogP contribution < -0.4 is 0 Å². The van der Waals surface area contributed by atoms with Crippen LogP contribution in [0, 0.1) is 0 Å². The molecule has 0 atom stereocenters. The fraction of sp³-hybridized carbons (Fsp3) is 0.591. The number of carbonyl (C=O) groups is 1. The van der Waals surface area contributed by atoms with E-state index in [1.54, 1.807) is 6.92 Å². The summed E-state index contributed by atoms with van der Waals surface area (Å²) in [6.45, 7) is 13.2. The second kappa shape index (κ2) is 11.1. The molecule has 0 amide bonds. The fourth-order valence-corrected chi connectivity index (χ4v) is 19.4. The van der Waals surface area contributed by atoms with E-state index in [0.717, 1.165) is 5.56 Å². The van der Waals surface area contributed by atoms with Gasteiger partial charge in [0.1, 0.15) is 0 Å². The Labute approximate surface area is 153 Å². The number of rotatable bonds is 12. The fourth-order valence-electron chi connectivity index (χ4n) is 3.59. The topological polar surface area (TPSA) is 17.1 Å². The molecule has 0 heterocycles. The molecular formula is C22H36OSn.